The summed E-state index contributed by atoms with van der Waals surface area (Å²) >= 11 is 0. The molecule has 41 heavy (non-hydrogen) atoms. The minimum absolute atomic E-state index is 0. The van der Waals surface area contributed by atoms with Crippen molar-refractivity contribution in [3.05, 3.63) is 0 Å². The Morgan fingerprint density at radius 2 is 0.951 bits per heavy atom. The van der Waals surface area contributed by atoms with Gasteiger partial charge >= 0.3 is 18.2 Å². The smallest absolute Gasteiger partial charge is 0.408 e. The van der Waals surface area contributed by atoms with Gasteiger partial charge in [-0.1, -0.05) is 41.5 Å². The van der Waals surface area contributed by atoms with Gasteiger partial charge in [-0.25, -0.2) is 14.4 Å². The summed E-state index contributed by atoms with van der Waals surface area (Å²) in [6.45, 7) is 21.5. The third kappa shape index (κ3) is 24.7. The second-order valence-electron chi connectivity index (χ2n) is 12.1. The minimum atomic E-state index is -1.06. The van der Waals surface area contributed by atoms with Crippen molar-refractivity contribution in [1.82, 2.24) is 21.3 Å². The Labute approximate surface area is 252 Å². The second-order valence-corrected chi connectivity index (χ2v) is 12.1. The van der Waals surface area contributed by atoms with Gasteiger partial charge in [0.15, 0.2) is 0 Å². The van der Waals surface area contributed by atoms with Gasteiger partial charge in [-0.2, -0.15) is 0 Å². The molecular formula is C27H56ClN5O8. The molecule has 0 saturated heterocycles. The highest BCUT2D eigenvalue weighted by Gasteiger charge is 2.27. The molecule has 3 atom stereocenters. The number of nitrogens with two attached hydrogens (primary N) is 1. The molecule has 0 saturated carbocycles. The van der Waals surface area contributed by atoms with E-state index in [2.05, 4.69) is 21.3 Å². The standard InChI is InChI=1S/C11H22N2O3.C10H19NO4.C6H14N2O.ClH/c1-7(2)8(9(14)12-6)13-10(15)16-11(3,4)5;1-6(2)7(8(12)13)11-9(14)15-10(3,4)5;1-4(2)5(7)6(9)8-3;/h7-8H,1-6H3,(H,12,14)(H,13,15);6-7H,1-5H3,(H,11,14)(H,12,13);4-5H,7H2,1-3H3,(H,8,9);1H/t8-;7-;5-;/m111./s1. The molecule has 0 aliphatic heterocycles. The first-order chi connectivity index (χ1) is 17.9. The number of alkyl carbamates (subject to hydrolysis) is 2. The Balaban J connectivity index is -0.000000257. The highest BCUT2D eigenvalue weighted by atomic mass is 35.5. The number of carboxylic acids is 1. The van der Waals surface area contributed by atoms with Crippen molar-refractivity contribution in [2.45, 2.75) is 112 Å². The third-order valence-electron chi connectivity index (χ3n) is 4.74. The fourth-order valence-electron chi connectivity index (χ4n) is 2.54. The van der Waals surface area contributed by atoms with Gasteiger partial charge in [-0.3, -0.25) is 9.59 Å². The van der Waals surface area contributed by atoms with Gasteiger partial charge in [0.25, 0.3) is 0 Å². The molecule has 0 aliphatic carbocycles. The lowest BCUT2D eigenvalue weighted by Crippen LogP contribution is -2.50. The fraction of sp³-hybridized carbons (Fsp3) is 0.815. The quantitative estimate of drug-likeness (QED) is 0.238. The van der Waals surface area contributed by atoms with Crippen molar-refractivity contribution in [2.75, 3.05) is 14.1 Å². The average Bonchev–Trinajstić information content (AvgIpc) is 2.77. The zero-order chi connectivity index (χ0) is 32.6. The molecule has 0 aliphatic rings. The summed E-state index contributed by atoms with van der Waals surface area (Å²) in [5.74, 6) is -1.34. The van der Waals surface area contributed by atoms with Crippen molar-refractivity contribution in [2.24, 2.45) is 23.5 Å². The van der Waals surface area contributed by atoms with Crippen LogP contribution in [-0.4, -0.2) is 78.5 Å². The first-order valence-corrected chi connectivity index (χ1v) is 13.3. The monoisotopic (exact) mass is 613 g/mol. The molecule has 0 radical (unpaired) electrons. The molecule has 0 fully saturated rings. The maximum absolute atomic E-state index is 11.5. The van der Waals surface area contributed by atoms with Crippen LogP contribution in [0.3, 0.4) is 0 Å². The predicted octanol–water partition coefficient (Wildman–Crippen LogP) is 3.04. The molecule has 0 aromatic carbocycles. The molecule has 14 heteroatoms. The van der Waals surface area contributed by atoms with Crippen LogP contribution in [0.25, 0.3) is 0 Å². The maximum atomic E-state index is 11.5. The van der Waals surface area contributed by atoms with Crippen LogP contribution < -0.4 is 27.0 Å². The van der Waals surface area contributed by atoms with Crippen molar-refractivity contribution >= 4 is 42.4 Å². The van der Waals surface area contributed by atoms with Crippen LogP contribution in [-0.2, 0) is 23.9 Å². The minimum Gasteiger partial charge on any atom is -0.480 e. The van der Waals surface area contributed by atoms with E-state index in [1.54, 1.807) is 62.4 Å². The number of nitrogens with one attached hydrogen (secondary N) is 4. The lowest BCUT2D eigenvalue weighted by atomic mass is 10.0. The average molecular weight is 614 g/mol. The topological polar surface area (TPSA) is 198 Å². The first-order valence-electron chi connectivity index (χ1n) is 13.3. The predicted molar refractivity (Wildman–Crippen MR) is 162 cm³/mol. The number of hydrogen-bond acceptors (Lipinski definition) is 8. The van der Waals surface area contributed by atoms with Crippen LogP contribution in [0.2, 0.25) is 0 Å². The van der Waals surface area contributed by atoms with Crippen molar-refractivity contribution in [3.63, 3.8) is 0 Å². The number of likely N-dealkylation sites (N-methyl/N-ethyl adjacent to an activating group) is 2. The van der Waals surface area contributed by atoms with Gasteiger partial charge in [-0.05, 0) is 59.3 Å². The van der Waals surface area contributed by atoms with Gasteiger partial charge in [0.05, 0.1) is 6.04 Å². The van der Waals surface area contributed by atoms with Gasteiger partial charge in [0.2, 0.25) is 11.8 Å². The van der Waals surface area contributed by atoms with E-state index in [1.807, 2.05) is 27.7 Å². The Morgan fingerprint density at radius 1 is 0.634 bits per heavy atom. The van der Waals surface area contributed by atoms with Crippen LogP contribution in [0.4, 0.5) is 9.59 Å². The van der Waals surface area contributed by atoms with Gasteiger partial charge in [-0.15, -0.1) is 12.4 Å². The van der Waals surface area contributed by atoms with Crippen molar-refractivity contribution < 1.29 is 38.6 Å². The molecule has 0 bridgehead atoms. The van der Waals surface area contributed by atoms with Gasteiger partial charge in [0, 0.05) is 14.1 Å². The van der Waals surface area contributed by atoms with E-state index in [9.17, 15) is 24.0 Å². The molecule has 0 aromatic heterocycles. The lowest BCUT2D eigenvalue weighted by molar-refractivity contribution is -0.140. The highest BCUT2D eigenvalue weighted by molar-refractivity contribution is 5.86. The molecule has 0 unspecified atom stereocenters. The number of hydrogen-bond donors (Lipinski definition) is 6. The SMILES string of the molecule is CC(C)[C@@H](NC(=O)OC(C)(C)C)C(=O)O.CNC(=O)[C@H](N)C(C)C.CNC(=O)[C@H](NC(=O)OC(C)(C)C)C(C)C.Cl. The molecule has 4 amide bonds. The maximum Gasteiger partial charge on any atom is 0.408 e. The highest BCUT2D eigenvalue weighted by Crippen LogP contribution is 2.10. The van der Waals surface area contributed by atoms with Crippen LogP contribution >= 0.6 is 12.4 Å². The number of halogens is 1. The normalized spacial score (nSPS) is 13.0. The zero-order valence-electron chi connectivity index (χ0n) is 27.3. The van der Waals surface area contributed by atoms with Crippen LogP contribution in [0.1, 0.15) is 83.1 Å². The molecule has 0 heterocycles. The summed E-state index contributed by atoms with van der Waals surface area (Å²) in [7, 11) is 3.12. The number of carbonyl (C=O) groups is 5. The third-order valence-corrected chi connectivity index (χ3v) is 4.74. The molecule has 0 aromatic rings. The number of ether oxygens (including phenoxy) is 2. The molecule has 0 spiro atoms. The van der Waals surface area contributed by atoms with E-state index in [0.29, 0.717) is 0 Å². The Morgan fingerprint density at radius 3 is 1.15 bits per heavy atom. The largest absolute Gasteiger partial charge is 0.480 e. The van der Waals surface area contributed by atoms with E-state index < -0.39 is 41.4 Å². The molecule has 13 nitrogen and oxygen atoms in total. The second kappa shape index (κ2) is 21.0. The van der Waals surface area contributed by atoms with E-state index in [1.165, 1.54) is 7.05 Å². The first kappa shape index (κ1) is 45.2. The summed E-state index contributed by atoms with van der Waals surface area (Å²) in [6.07, 6.45) is -1.28. The summed E-state index contributed by atoms with van der Waals surface area (Å²) in [4.78, 5) is 55.7. The number of amides is 4. The summed E-state index contributed by atoms with van der Waals surface area (Å²) in [5, 5.41) is 18.7. The van der Waals surface area contributed by atoms with Crippen molar-refractivity contribution in [1.29, 1.82) is 0 Å². The number of rotatable bonds is 8. The number of carboxylic acid groups (broad SMARTS) is 1. The van der Waals surface area contributed by atoms with Crippen molar-refractivity contribution in [3.8, 4) is 0 Å². The lowest BCUT2D eigenvalue weighted by Gasteiger charge is -2.24. The Bertz CT molecular complexity index is 809. The van der Waals surface area contributed by atoms with Gasteiger partial charge in [0.1, 0.15) is 23.3 Å². The molecular weight excluding hydrogens is 558 g/mol. The van der Waals surface area contributed by atoms with E-state index in [-0.39, 0.29) is 48.0 Å². The van der Waals surface area contributed by atoms with E-state index in [4.69, 9.17) is 20.3 Å². The molecule has 244 valence electrons. The summed E-state index contributed by atoms with van der Waals surface area (Å²) in [6, 6.07) is -1.85. The van der Waals surface area contributed by atoms with Crippen LogP contribution in [0.15, 0.2) is 0 Å². The fourth-order valence-corrected chi connectivity index (χ4v) is 2.54. The summed E-state index contributed by atoms with van der Waals surface area (Å²) in [5.41, 5.74) is 4.28. The van der Waals surface area contributed by atoms with E-state index >= 15 is 0 Å². The van der Waals surface area contributed by atoms with Crippen LogP contribution in [0.5, 0.6) is 0 Å². The Kier molecular flexibility index (Phi) is 23.1. The van der Waals surface area contributed by atoms with Crippen LogP contribution in [0, 0.1) is 17.8 Å². The summed E-state index contributed by atoms with van der Waals surface area (Å²) < 4.78 is 10.0. The Hall–Kier alpha value is -2.80. The van der Waals surface area contributed by atoms with E-state index in [0.717, 1.165) is 0 Å². The number of aliphatic carboxylic acids is 1. The molecule has 0 rings (SSSR count). The number of carbonyl (C=O) groups excluding carboxylic acids is 4. The van der Waals surface area contributed by atoms with Gasteiger partial charge < -0.3 is 41.6 Å². The molecule has 7 N–H and O–H groups in total. The zero-order valence-corrected chi connectivity index (χ0v) is 28.1.